The number of hydrogen-bond donors (Lipinski definition) is 1. The van der Waals surface area contributed by atoms with Crippen molar-refractivity contribution in [3.05, 3.63) is 23.4 Å². The molecule has 15 heavy (non-hydrogen) atoms. The van der Waals surface area contributed by atoms with E-state index in [-0.39, 0.29) is 5.92 Å². The minimum Gasteiger partial charge on any atom is -0.321 e. The van der Waals surface area contributed by atoms with Gasteiger partial charge < -0.3 is 5.01 Å². The molecule has 2 nitrogen and oxygen atoms in total. The van der Waals surface area contributed by atoms with E-state index in [2.05, 4.69) is 13.8 Å². The summed E-state index contributed by atoms with van der Waals surface area (Å²) in [6.07, 6.45) is 4.98. The number of hydrazine groups is 1. The van der Waals surface area contributed by atoms with Crippen LogP contribution < -0.4 is 5.84 Å². The van der Waals surface area contributed by atoms with E-state index in [0.717, 1.165) is 11.1 Å². The summed E-state index contributed by atoms with van der Waals surface area (Å²) in [5.41, 5.74) is 0.734. The first-order chi connectivity index (χ1) is 6.90. The molecule has 1 aliphatic rings. The summed E-state index contributed by atoms with van der Waals surface area (Å²) in [5.74, 6) is 5.88. The van der Waals surface area contributed by atoms with Crippen molar-refractivity contribution in [2.75, 3.05) is 7.05 Å². The van der Waals surface area contributed by atoms with Crippen LogP contribution in [0.25, 0.3) is 0 Å². The van der Waals surface area contributed by atoms with Gasteiger partial charge in [0.1, 0.15) is 5.67 Å². The molecule has 0 aliphatic heterocycles. The van der Waals surface area contributed by atoms with Crippen molar-refractivity contribution in [3.63, 3.8) is 0 Å². The molecule has 0 amide bonds. The van der Waals surface area contributed by atoms with Crippen LogP contribution in [0.4, 0.5) is 4.39 Å². The first-order valence-electron chi connectivity index (χ1n) is 5.46. The van der Waals surface area contributed by atoms with E-state index in [1.165, 1.54) is 5.01 Å². The predicted molar refractivity (Wildman–Crippen MR) is 61.7 cm³/mol. The van der Waals surface area contributed by atoms with Crippen LogP contribution in [0.5, 0.6) is 0 Å². The molecule has 0 saturated heterocycles. The smallest absolute Gasteiger partial charge is 0.136 e. The molecule has 1 saturated carbocycles. The van der Waals surface area contributed by atoms with Crippen LogP contribution in [0.3, 0.4) is 0 Å². The fraction of sp³-hybridized carbons (Fsp3) is 0.667. The fourth-order valence-corrected chi connectivity index (χ4v) is 1.81. The number of halogens is 1. The van der Waals surface area contributed by atoms with E-state index in [1.807, 2.05) is 19.2 Å². The van der Waals surface area contributed by atoms with E-state index < -0.39 is 5.67 Å². The Labute approximate surface area is 91.6 Å². The average molecular weight is 212 g/mol. The number of rotatable bonds is 4. The minimum absolute atomic E-state index is 0.287. The molecule has 0 radical (unpaired) electrons. The highest BCUT2D eigenvalue weighted by Crippen LogP contribution is 2.49. The molecule has 0 atom stereocenters. The third-order valence-electron chi connectivity index (χ3n) is 2.74. The van der Waals surface area contributed by atoms with Gasteiger partial charge in [0.05, 0.1) is 0 Å². The van der Waals surface area contributed by atoms with E-state index in [0.29, 0.717) is 12.8 Å². The largest absolute Gasteiger partial charge is 0.321 e. The van der Waals surface area contributed by atoms with Gasteiger partial charge in [-0.05, 0) is 36.8 Å². The summed E-state index contributed by atoms with van der Waals surface area (Å²) in [7, 11) is 1.76. The van der Waals surface area contributed by atoms with Crippen molar-refractivity contribution in [3.8, 4) is 0 Å². The Morgan fingerprint density at radius 2 is 2.00 bits per heavy atom. The van der Waals surface area contributed by atoms with E-state index >= 15 is 0 Å². The summed E-state index contributed by atoms with van der Waals surface area (Å²) in [6, 6.07) is 0. The first-order valence-corrected chi connectivity index (χ1v) is 5.46. The van der Waals surface area contributed by atoms with Gasteiger partial charge in [0.2, 0.25) is 0 Å². The van der Waals surface area contributed by atoms with Crippen molar-refractivity contribution >= 4 is 0 Å². The lowest BCUT2D eigenvalue weighted by Gasteiger charge is -2.20. The fourth-order valence-electron chi connectivity index (χ4n) is 1.81. The molecule has 0 spiro atoms. The van der Waals surface area contributed by atoms with Crippen LogP contribution in [-0.2, 0) is 0 Å². The van der Waals surface area contributed by atoms with Gasteiger partial charge in [-0.15, -0.1) is 0 Å². The molecular weight excluding hydrogens is 191 g/mol. The zero-order valence-electron chi connectivity index (χ0n) is 10.0. The summed E-state index contributed by atoms with van der Waals surface area (Å²) >= 11 is 0. The number of nitrogens with two attached hydrogens (primary N) is 1. The molecule has 0 aromatic rings. The number of nitrogens with zero attached hydrogens (tertiary/aromatic N) is 1. The average Bonchev–Trinajstić information content (AvgIpc) is 2.83. The zero-order chi connectivity index (χ0) is 11.6. The van der Waals surface area contributed by atoms with Gasteiger partial charge in [0.15, 0.2) is 0 Å². The first kappa shape index (κ1) is 12.2. The van der Waals surface area contributed by atoms with Crippen LogP contribution in [0.2, 0.25) is 0 Å². The van der Waals surface area contributed by atoms with Gasteiger partial charge in [-0.1, -0.05) is 19.9 Å². The lowest BCUT2D eigenvalue weighted by molar-refractivity contribution is 0.357. The minimum atomic E-state index is -1.08. The van der Waals surface area contributed by atoms with Crippen molar-refractivity contribution in [1.82, 2.24) is 5.01 Å². The van der Waals surface area contributed by atoms with Gasteiger partial charge >= 0.3 is 0 Å². The molecule has 1 aliphatic carbocycles. The second kappa shape index (κ2) is 4.35. The van der Waals surface area contributed by atoms with E-state index in [1.54, 1.807) is 7.05 Å². The molecule has 2 N–H and O–H groups in total. The normalized spacial score (nSPS) is 20.7. The number of allylic oxidation sites excluding steroid dienone is 3. The highest BCUT2D eigenvalue weighted by atomic mass is 19.1. The monoisotopic (exact) mass is 212 g/mol. The van der Waals surface area contributed by atoms with Crippen LogP contribution in [0, 0.1) is 5.92 Å². The molecule has 0 aromatic carbocycles. The van der Waals surface area contributed by atoms with Gasteiger partial charge in [-0.25, -0.2) is 10.2 Å². The lowest BCUT2D eigenvalue weighted by Crippen LogP contribution is -2.22. The highest BCUT2D eigenvalue weighted by molar-refractivity contribution is 5.42. The molecule has 0 aromatic heterocycles. The SMILES string of the molecule is C/C=C(\C(=C/N(C)N)C(C)C)C1(F)CC1. The highest BCUT2D eigenvalue weighted by Gasteiger charge is 2.47. The van der Waals surface area contributed by atoms with Gasteiger partial charge in [0, 0.05) is 13.2 Å². The predicted octanol–water partition coefficient (Wildman–Crippen LogP) is 2.78. The Morgan fingerprint density at radius 3 is 2.27 bits per heavy atom. The quantitative estimate of drug-likeness (QED) is 0.441. The second-order valence-electron chi connectivity index (χ2n) is 4.57. The summed E-state index contributed by atoms with van der Waals surface area (Å²) in [6.45, 7) is 6.01. The molecule has 3 heteroatoms. The van der Waals surface area contributed by atoms with Crippen molar-refractivity contribution < 1.29 is 4.39 Å². The van der Waals surface area contributed by atoms with E-state index in [9.17, 15) is 4.39 Å². The Morgan fingerprint density at radius 1 is 1.47 bits per heavy atom. The Bertz CT molecular complexity index is 286. The summed E-state index contributed by atoms with van der Waals surface area (Å²) in [5, 5.41) is 1.49. The molecule has 0 bridgehead atoms. The van der Waals surface area contributed by atoms with Crippen LogP contribution >= 0.6 is 0 Å². The topological polar surface area (TPSA) is 29.3 Å². The number of alkyl halides is 1. The van der Waals surface area contributed by atoms with Gasteiger partial charge in [-0.2, -0.15) is 0 Å². The Kier molecular flexibility index (Phi) is 3.55. The zero-order valence-corrected chi connectivity index (χ0v) is 10.0. The molecule has 86 valence electrons. The van der Waals surface area contributed by atoms with Crippen molar-refractivity contribution in [2.24, 2.45) is 11.8 Å². The van der Waals surface area contributed by atoms with Crippen molar-refractivity contribution in [1.29, 1.82) is 0 Å². The van der Waals surface area contributed by atoms with Gasteiger partial charge in [0.25, 0.3) is 0 Å². The maximum absolute atomic E-state index is 14.1. The molecule has 1 rings (SSSR count). The molecule has 0 heterocycles. The lowest BCUT2D eigenvalue weighted by atomic mass is 9.91. The second-order valence-corrected chi connectivity index (χ2v) is 4.57. The molecule has 1 fully saturated rings. The molecular formula is C12H21FN2. The maximum atomic E-state index is 14.1. The summed E-state index contributed by atoms with van der Waals surface area (Å²) in [4.78, 5) is 0. The van der Waals surface area contributed by atoms with Crippen LogP contribution in [0.1, 0.15) is 33.6 Å². The Balaban J connectivity index is 2.98. The maximum Gasteiger partial charge on any atom is 0.136 e. The van der Waals surface area contributed by atoms with Crippen molar-refractivity contribution in [2.45, 2.75) is 39.3 Å². The molecule has 0 unspecified atom stereocenters. The number of hydrogen-bond acceptors (Lipinski definition) is 2. The van der Waals surface area contributed by atoms with Crippen LogP contribution in [-0.4, -0.2) is 17.7 Å². The third kappa shape index (κ3) is 2.81. The summed E-state index contributed by atoms with van der Waals surface area (Å²) < 4.78 is 14.1. The van der Waals surface area contributed by atoms with Gasteiger partial charge in [-0.3, -0.25) is 0 Å². The van der Waals surface area contributed by atoms with Crippen LogP contribution in [0.15, 0.2) is 23.4 Å². The Hall–Kier alpha value is -0.830. The third-order valence-corrected chi connectivity index (χ3v) is 2.74. The standard InChI is InChI=1S/C12H21FN2/c1-5-11(12(13)6-7-12)10(9(2)3)8-15(4)14/h5,8-9H,6-7,14H2,1-4H3/b10-8-,11-5+. The van der Waals surface area contributed by atoms with E-state index in [4.69, 9.17) is 5.84 Å².